The van der Waals surface area contributed by atoms with Gasteiger partial charge in [0.1, 0.15) is 11.6 Å². The van der Waals surface area contributed by atoms with Crippen molar-refractivity contribution in [3.63, 3.8) is 0 Å². The third-order valence-corrected chi connectivity index (χ3v) is 3.35. The molecular formula is C14H17FO. The molecule has 0 spiro atoms. The van der Waals surface area contributed by atoms with Crippen LogP contribution in [0, 0.1) is 11.7 Å². The third-order valence-electron chi connectivity index (χ3n) is 3.35. The van der Waals surface area contributed by atoms with E-state index in [0.29, 0.717) is 12.2 Å². The lowest BCUT2D eigenvalue weighted by atomic mass is 9.84. The Balaban J connectivity index is 1.93. The Morgan fingerprint density at radius 1 is 1.12 bits per heavy atom. The highest BCUT2D eigenvalue weighted by Gasteiger charge is 2.20. The average Bonchev–Trinajstić information content (AvgIpc) is 2.33. The van der Waals surface area contributed by atoms with Crippen molar-refractivity contribution in [2.75, 3.05) is 0 Å². The molecule has 1 aromatic carbocycles. The van der Waals surface area contributed by atoms with Crippen LogP contribution in [0.4, 0.5) is 4.39 Å². The molecule has 0 heterocycles. The van der Waals surface area contributed by atoms with E-state index in [1.165, 1.54) is 31.4 Å². The molecule has 0 aromatic heterocycles. The molecule has 0 amide bonds. The van der Waals surface area contributed by atoms with Gasteiger partial charge in [-0.25, -0.2) is 4.39 Å². The number of carbonyl (C=O) groups is 1. The van der Waals surface area contributed by atoms with Gasteiger partial charge in [0, 0.05) is 12.3 Å². The van der Waals surface area contributed by atoms with E-state index in [0.717, 1.165) is 18.4 Å². The molecule has 2 heteroatoms. The number of ketones is 1. The number of halogens is 1. The number of rotatable bonds is 3. The molecule has 0 bridgehead atoms. The van der Waals surface area contributed by atoms with Crippen molar-refractivity contribution in [2.24, 2.45) is 5.92 Å². The van der Waals surface area contributed by atoms with E-state index in [1.54, 1.807) is 12.1 Å². The van der Waals surface area contributed by atoms with Crippen LogP contribution in [0.15, 0.2) is 24.3 Å². The summed E-state index contributed by atoms with van der Waals surface area (Å²) in [7, 11) is 0. The molecule has 1 saturated carbocycles. The number of carbonyl (C=O) groups excluding carboxylic acids is 1. The number of benzene rings is 1. The largest absolute Gasteiger partial charge is 0.299 e. The maximum Gasteiger partial charge on any atom is 0.140 e. The molecule has 0 saturated heterocycles. The molecule has 0 aliphatic heterocycles. The van der Waals surface area contributed by atoms with Crippen molar-refractivity contribution in [3.8, 4) is 0 Å². The summed E-state index contributed by atoms with van der Waals surface area (Å²) in [5, 5.41) is 0. The normalized spacial score (nSPS) is 17.3. The maximum atomic E-state index is 12.7. The van der Waals surface area contributed by atoms with Gasteiger partial charge in [0.25, 0.3) is 0 Å². The average molecular weight is 220 g/mol. The molecule has 0 radical (unpaired) electrons. The second-order valence-electron chi connectivity index (χ2n) is 4.60. The van der Waals surface area contributed by atoms with Gasteiger partial charge in [0.05, 0.1) is 0 Å². The van der Waals surface area contributed by atoms with Crippen LogP contribution >= 0.6 is 0 Å². The van der Waals surface area contributed by atoms with Gasteiger partial charge >= 0.3 is 0 Å². The first-order valence-electron chi connectivity index (χ1n) is 6.03. The smallest absolute Gasteiger partial charge is 0.140 e. The van der Waals surface area contributed by atoms with Crippen molar-refractivity contribution in [1.82, 2.24) is 0 Å². The molecular weight excluding hydrogens is 203 g/mol. The summed E-state index contributed by atoms with van der Waals surface area (Å²) in [6.07, 6.45) is 6.17. The molecule has 1 fully saturated rings. The predicted molar refractivity (Wildman–Crippen MR) is 61.7 cm³/mol. The Morgan fingerprint density at radius 2 is 1.75 bits per heavy atom. The number of hydrogen-bond donors (Lipinski definition) is 0. The Morgan fingerprint density at radius 3 is 2.38 bits per heavy atom. The highest BCUT2D eigenvalue weighted by molar-refractivity contribution is 5.83. The first-order valence-corrected chi connectivity index (χ1v) is 6.03. The molecule has 16 heavy (non-hydrogen) atoms. The van der Waals surface area contributed by atoms with E-state index in [2.05, 4.69) is 0 Å². The fourth-order valence-electron chi connectivity index (χ4n) is 2.37. The molecule has 1 aliphatic carbocycles. The van der Waals surface area contributed by atoms with Crippen LogP contribution in [0.1, 0.15) is 37.7 Å². The summed E-state index contributed by atoms with van der Waals surface area (Å²) < 4.78 is 12.7. The molecule has 1 aliphatic rings. The zero-order valence-electron chi connectivity index (χ0n) is 9.42. The molecule has 86 valence electrons. The lowest BCUT2D eigenvalue weighted by Crippen LogP contribution is -2.19. The standard InChI is InChI=1S/C14H17FO/c15-13-8-6-11(7-9-13)10-14(16)12-4-2-1-3-5-12/h6-9,12H,1-5,10H2. The second kappa shape index (κ2) is 5.24. The van der Waals surface area contributed by atoms with Gasteiger partial charge in [0.2, 0.25) is 0 Å². The van der Waals surface area contributed by atoms with Crippen LogP contribution in [0.2, 0.25) is 0 Å². The first-order chi connectivity index (χ1) is 7.75. The van der Waals surface area contributed by atoms with Crippen LogP contribution < -0.4 is 0 Å². The Labute approximate surface area is 95.7 Å². The van der Waals surface area contributed by atoms with E-state index in [1.807, 2.05) is 0 Å². The Bertz CT molecular complexity index is 350. The minimum atomic E-state index is -0.242. The highest BCUT2D eigenvalue weighted by Crippen LogP contribution is 2.25. The molecule has 0 atom stereocenters. The molecule has 1 aromatic rings. The monoisotopic (exact) mass is 220 g/mol. The minimum absolute atomic E-state index is 0.242. The molecule has 0 unspecified atom stereocenters. The van der Waals surface area contributed by atoms with Gasteiger partial charge in [-0.05, 0) is 30.5 Å². The van der Waals surface area contributed by atoms with Crippen LogP contribution in [0.3, 0.4) is 0 Å². The quantitative estimate of drug-likeness (QED) is 0.761. The Hall–Kier alpha value is -1.18. The number of Topliss-reactive ketones (excluding diaryl/α,β-unsaturated/α-hetero) is 1. The van der Waals surface area contributed by atoms with Crippen molar-refractivity contribution in [3.05, 3.63) is 35.6 Å². The second-order valence-corrected chi connectivity index (χ2v) is 4.60. The van der Waals surface area contributed by atoms with Crippen molar-refractivity contribution in [2.45, 2.75) is 38.5 Å². The van der Waals surface area contributed by atoms with Gasteiger partial charge in [-0.2, -0.15) is 0 Å². The third kappa shape index (κ3) is 2.91. The highest BCUT2D eigenvalue weighted by atomic mass is 19.1. The van der Waals surface area contributed by atoms with Gasteiger partial charge in [-0.1, -0.05) is 31.4 Å². The van der Waals surface area contributed by atoms with Gasteiger partial charge < -0.3 is 0 Å². The summed E-state index contributed by atoms with van der Waals surface area (Å²) in [6.45, 7) is 0. The van der Waals surface area contributed by atoms with Crippen LogP contribution in [0.25, 0.3) is 0 Å². The van der Waals surface area contributed by atoms with Gasteiger partial charge in [-0.3, -0.25) is 4.79 Å². The number of hydrogen-bond acceptors (Lipinski definition) is 1. The Kier molecular flexibility index (Phi) is 3.70. The summed E-state index contributed by atoms with van der Waals surface area (Å²) in [5.74, 6) is 0.332. The minimum Gasteiger partial charge on any atom is -0.299 e. The fourth-order valence-corrected chi connectivity index (χ4v) is 2.37. The molecule has 0 N–H and O–H groups in total. The summed E-state index contributed by atoms with van der Waals surface area (Å²) in [6, 6.07) is 6.25. The molecule has 1 nitrogen and oxygen atoms in total. The van der Waals surface area contributed by atoms with E-state index in [4.69, 9.17) is 0 Å². The van der Waals surface area contributed by atoms with Gasteiger partial charge in [-0.15, -0.1) is 0 Å². The van der Waals surface area contributed by atoms with E-state index in [-0.39, 0.29) is 11.7 Å². The lowest BCUT2D eigenvalue weighted by molar-refractivity contribution is -0.123. The topological polar surface area (TPSA) is 17.1 Å². The predicted octanol–water partition coefficient (Wildman–Crippen LogP) is 3.52. The van der Waals surface area contributed by atoms with Crippen LogP contribution in [-0.2, 0) is 11.2 Å². The van der Waals surface area contributed by atoms with Crippen molar-refractivity contribution >= 4 is 5.78 Å². The molecule has 2 rings (SSSR count). The summed E-state index contributed by atoms with van der Waals surface area (Å²) in [4.78, 5) is 12.0. The summed E-state index contributed by atoms with van der Waals surface area (Å²) >= 11 is 0. The summed E-state index contributed by atoms with van der Waals surface area (Å²) in [5.41, 5.74) is 0.928. The fraction of sp³-hybridized carbons (Fsp3) is 0.500. The van der Waals surface area contributed by atoms with Gasteiger partial charge in [0.15, 0.2) is 0 Å². The maximum absolute atomic E-state index is 12.7. The van der Waals surface area contributed by atoms with Crippen molar-refractivity contribution < 1.29 is 9.18 Å². The van der Waals surface area contributed by atoms with Crippen LogP contribution in [0.5, 0.6) is 0 Å². The van der Waals surface area contributed by atoms with E-state index in [9.17, 15) is 9.18 Å². The van der Waals surface area contributed by atoms with E-state index >= 15 is 0 Å². The van der Waals surface area contributed by atoms with E-state index < -0.39 is 0 Å². The van der Waals surface area contributed by atoms with Crippen molar-refractivity contribution in [1.29, 1.82) is 0 Å². The first kappa shape index (κ1) is 11.3. The zero-order chi connectivity index (χ0) is 11.4. The van der Waals surface area contributed by atoms with Crippen LogP contribution in [-0.4, -0.2) is 5.78 Å². The lowest BCUT2D eigenvalue weighted by Gasteiger charge is -2.20. The zero-order valence-corrected chi connectivity index (χ0v) is 9.42. The SMILES string of the molecule is O=C(Cc1ccc(F)cc1)C1CCCCC1.